The van der Waals surface area contributed by atoms with E-state index in [1.807, 2.05) is 18.2 Å². The highest BCUT2D eigenvalue weighted by molar-refractivity contribution is 6.37. The summed E-state index contributed by atoms with van der Waals surface area (Å²) in [5.41, 5.74) is 0. The minimum absolute atomic E-state index is 0.101. The average molecular weight is 209 g/mol. The number of aromatic hydroxyl groups is 1. The Labute approximate surface area is 86.7 Å². The van der Waals surface area contributed by atoms with Crippen LogP contribution in [0, 0.1) is 0 Å². The zero-order chi connectivity index (χ0) is 10.1. The molecule has 2 rings (SSSR count). The number of methoxy groups -OCH3 is 1. The first-order valence-electron chi connectivity index (χ1n) is 4.17. The molecule has 0 aliphatic heterocycles. The van der Waals surface area contributed by atoms with Gasteiger partial charge >= 0.3 is 0 Å². The molecule has 14 heavy (non-hydrogen) atoms. The molecule has 3 heteroatoms. The van der Waals surface area contributed by atoms with Crippen LogP contribution < -0.4 is 4.74 Å². The summed E-state index contributed by atoms with van der Waals surface area (Å²) in [4.78, 5) is 0. The maximum Gasteiger partial charge on any atom is 0.134 e. The predicted octanol–water partition coefficient (Wildman–Crippen LogP) is 3.21. The zero-order valence-corrected chi connectivity index (χ0v) is 8.38. The number of ether oxygens (including phenoxy) is 1. The van der Waals surface area contributed by atoms with Crippen molar-refractivity contribution in [2.24, 2.45) is 0 Å². The van der Waals surface area contributed by atoms with E-state index in [1.54, 1.807) is 19.2 Å². The number of hydrogen-bond donors (Lipinski definition) is 1. The number of rotatable bonds is 1. The quantitative estimate of drug-likeness (QED) is 0.780. The Morgan fingerprint density at radius 3 is 2.71 bits per heavy atom. The average Bonchev–Trinajstić information content (AvgIpc) is 2.23. The van der Waals surface area contributed by atoms with E-state index in [1.165, 1.54) is 0 Å². The summed E-state index contributed by atoms with van der Waals surface area (Å²) in [5, 5.41) is 11.5. The van der Waals surface area contributed by atoms with Gasteiger partial charge in [0.05, 0.1) is 12.1 Å². The maximum absolute atomic E-state index is 9.38. The lowest BCUT2D eigenvalue weighted by molar-refractivity contribution is 0.415. The second-order valence-corrected chi connectivity index (χ2v) is 3.36. The Bertz CT molecular complexity index is 480. The molecule has 0 unspecified atom stereocenters. The molecule has 0 heterocycles. The fraction of sp³-hybridized carbons (Fsp3) is 0.0909. The first-order chi connectivity index (χ1) is 6.72. The number of fused-ring (bicyclic) bond motifs is 1. The number of hydrogen-bond acceptors (Lipinski definition) is 2. The van der Waals surface area contributed by atoms with Gasteiger partial charge in [-0.15, -0.1) is 0 Å². The van der Waals surface area contributed by atoms with Gasteiger partial charge in [0.15, 0.2) is 0 Å². The number of benzene rings is 2. The van der Waals surface area contributed by atoms with Gasteiger partial charge in [-0.2, -0.15) is 0 Å². The molecule has 0 saturated carbocycles. The van der Waals surface area contributed by atoms with Crippen LogP contribution in [0.25, 0.3) is 10.8 Å². The van der Waals surface area contributed by atoms with Crippen LogP contribution in [0.3, 0.4) is 0 Å². The predicted molar refractivity (Wildman–Crippen MR) is 57.2 cm³/mol. The second kappa shape index (κ2) is 3.39. The highest BCUT2D eigenvalue weighted by Crippen LogP contribution is 2.33. The molecule has 0 spiro atoms. The van der Waals surface area contributed by atoms with Crippen LogP contribution in [-0.2, 0) is 0 Å². The monoisotopic (exact) mass is 208 g/mol. The number of halogens is 1. The minimum Gasteiger partial charge on any atom is -0.506 e. The van der Waals surface area contributed by atoms with Crippen LogP contribution >= 0.6 is 11.6 Å². The molecule has 0 amide bonds. The normalized spacial score (nSPS) is 10.4. The van der Waals surface area contributed by atoms with Gasteiger partial charge in [0.2, 0.25) is 0 Å². The molecule has 1 N–H and O–H groups in total. The standard InChI is InChI=1S/C11H9ClO2/c1-14-8-3-4-9-7(6-8)2-5-10(13)11(9)12/h2-6,13H,1H3. The van der Waals surface area contributed by atoms with E-state index in [9.17, 15) is 5.11 Å². The van der Waals surface area contributed by atoms with E-state index < -0.39 is 0 Å². The maximum atomic E-state index is 9.38. The molecule has 0 aromatic heterocycles. The first kappa shape index (κ1) is 9.16. The first-order valence-corrected chi connectivity index (χ1v) is 4.55. The van der Waals surface area contributed by atoms with E-state index >= 15 is 0 Å². The lowest BCUT2D eigenvalue weighted by Gasteiger charge is -2.04. The lowest BCUT2D eigenvalue weighted by atomic mass is 10.1. The van der Waals surface area contributed by atoms with E-state index in [4.69, 9.17) is 16.3 Å². The minimum atomic E-state index is 0.101. The van der Waals surface area contributed by atoms with Crippen LogP contribution in [0.4, 0.5) is 0 Å². The van der Waals surface area contributed by atoms with Gasteiger partial charge in [-0.3, -0.25) is 0 Å². The van der Waals surface area contributed by atoms with Gasteiger partial charge in [-0.25, -0.2) is 0 Å². The van der Waals surface area contributed by atoms with Crippen molar-refractivity contribution in [3.63, 3.8) is 0 Å². The highest BCUT2D eigenvalue weighted by Gasteiger charge is 2.04. The molecule has 0 aliphatic carbocycles. The topological polar surface area (TPSA) is 29.5 Å². The summed E-state index contributed by atoms with van der Waals surface area (Å²) in [6, 6.07) is 8.90. The van der Waals surface area contributed by atoms with E-state index in [0.717, 1.165) is 16.5 Å². The molecule has 0 atom stereocenters. The fourth-order valence-corrected chi connectivity index (χ4v) is 1.62. The molecule has 2 nitrogen and oxygen atoms in total. The van der Waals surface area contributed by atoms with E-state index in [2.05, 4.69) is 0 Å². The molecule has 0 fully saturated rings. The van der Waals surface area contributed by atoms with E-state index in [0.29, 0.717) is 5.02 Å². The molecule has 2 aromatic rings. The zero-order valence-electron chi connectivity index (χ0n) is 7.62. The van der Waals surface area contributed by atoms with Crippen LogP contribution in [0.2, 0.25) is 5.02 Å². The number of phenols is 1. The van der Waals surface area contributed by atoms with Crippen LogP contribution in [0.1, 0.15) is 0 Å². The second-order valence-electron chi connectivity index (χ2n) is 2.99. The summed E-state index contributed by atoms with van der Waals surface area (Å²) in [5.74, 6) is 0.878. The summed E-state index contributed by atoms with van der Waals surface area (Å²) >= 11 is 5.93. The van der Waals surface area contributed by atoms with Crippen LogP contribution in [-0.4, -0.2) is 12.2 Å². The van der Waals surface area contributed by atoms with Gasteiger partial charge in [0, 0.05) is 5.39 Å². The van der Waals surface area contributed by atoms with Crippen molar-refractivity contribution in [2.45, 2.75) is 0 Å². The molecule has 0 aliphatic rings. The van der Waals surface area contributed by atoms with Crippen LogP contribution in [0.5, 0.6) is 11.5 Å². The Morgan fingerprint density at radius 1 is 1.21 bits per heavy atom. The van der Waals surface area contributed by atoms with Crippen molar-refractivity contribution >= 4 is 22.4 Å². The largest absolute Gasteiger partial charge is 0.506 e. The van der Waals surface area contributed by atoms with Gasteiger partial charge in [-0.05, 0) is 29.7 Å². The summed E-state index contributed by atoms with van der Waals surface area (Å²) < 4.78 is 5.09. The summed E-state index contributed by atoms with van der Waals surface area (Å²) in [7, 11) is 1.61. The van der Waals surface area contributed by atoms with Crippen molar-refractivity contribution in [2.75, 3.05) is 7.11 Å². The molecular formula is C11H9ClO2. The van der Waals surface area contributed by atoms with Crippen molar-refractivity contribution in [1.29, 1.82) is 0 Å². The Hall–Kier alpha value is -1.41. The van der Waals surface area contributed by atoms with Gasteiger partial charge in [-0.1, -0.05) is 17.7 Å². The third-order valence-electron chi connectivity index (χ3n) is 2.14. The highest BCUT2D eigenvalue weighted by atomic mass is 35.5. The third kappa shape index (κ3) is 1.38. The SMILES string of the molecule is COc1ccc2c(Cl)c(O)ccc2c1. The number of phenolic OH excluding ortho intramolecular Hbond substituents is 1. The van der Waals surface area contributed by atoms with Crippen molar-refractivity contribution in [3.05, 3.63) is 35.4 Å². The van der Waals surface area contributed by atoms with Crippen molar-refractivity contribution in [3.8, 4) is 11.5 Å². The van der Waals surface area contributed by atoms with Crippen LogP contribution in [0.15, 0.2) is 30.3 Å². The molecular weight excluding hydrogens is 200 g/mol. The Balaban J connectivity index is 2.74. The smallest absolute Gasteiger partial charge is 0.134 e. The Kier molecular flexibility index (Phi) is 2.22. The van der Waals surface area contributed by atoms with E-state index in [-0.39, 0.29) is 5.75 Å². The third-order valence-corrected chi connectivity index (χ3v) is 2.54. The van der Waals surface area contributed by atoms with Crippen molar-refractivity contribution in [1.82, 2.24) is 0 Å². The lowest BCUT2D eigenvalue weighted by Crippen LogP contribution is -1.82. The molecule has 0 saturated heterocycles. The fourth-order valence-electron chi connectivity index (χ4n) is 1.39. The van der Waals surface area contributed by atoms with Gasteiger partial charge in [0.1, 0.15) is 11.5 Å². The molecule has 0 radical (unpaired) electrons. The molecule has 0 bridgehead atoms. The van der Waals surface area contributed by atoms with Gasteiger partial charge in [0.25, 0.3) is 0 Å². The summed E-state index contributed by atoms with van der Waals surface area (Å²) in [6.45, 7) is 0. The molecule has 72 valence electrons. The van der Waals surface area contributed by atoms with Crippen molar-refractivity contribution < 1.29 is 9.84 Å². The Morgan fingerprint density at radius 2 is 2.00 bits per heavy atom. The summed E-state index contributed by atoms with van der Waals surface area (Å²) in [6.07, 6.45) is 0. The molecule has 2 aromatic carbocycles. The van der Waals surface area contributed by atoms with Gasteiger partial charge < -0.3 is 9.84 Å².